The predicted molar refractivity (Wildman–Crippen MR) is 94.3 cm³/mol. The van der Waals surface area contributed by atoms with Crippen molar-refractivity contribution in [1.29, 1.82) is 0 Å². The Morgan fingerprint density at radius 3 is 2.35 bits per heavy atom. The lowest BCUT2D eigenvalue weighted by Gasteiger charge is -2.26. The van der Waals surface area contributed by atoms with Gasteiger partial charge in [-0.1, -0.05) is 62.4 Å². The van der Waals surface area contributed by atoms with Gasteiger partial charge < -0.3 is 10.4 Å². The van der Waals surface area contributed by atoms with Gasteiger partial charge in [0.1, 0.15) is 0 Å². The van der Waals surface area contributed by atoms with Crippen molar-refractivity contribution in [2.24, 2.45) is 5.41 Å². The SMILES string of the molecule is C[C@H](O)CC(C)(C)CNC(=O)c1ccccc1-c1ccccc1. The van der Waals surface area contributed by atoms with E-state index in [1.165, 1.54) is 0 Å². The summed E-state index contributed by atoms with van der Waals surface area (Å²) >= 11 is 0. The number of carbonyl (C=O) groups excluding carboxylic acids is 1. The van der Waals surface area contributed by atoms with Crippen molar-refractivity contribution in [1.82, 2.24) is 5.32 Å². The summed E-state index contributed by atoms with van der Waals surface area (Å²) in [5, 5.41) is 12.6. The third-order valence-electron chi connectivity index (χ3n) is 3.83. The topological polar surface area (TPSA) is 49.3 Å². The number of hydrogen-bond acceptors (Lipinski definition) is 2. The maximum atomic E-state index is 12.6. The summed E-state index contributed by atoms with van der Waals surface area (Å²) in [5.41, 5.74) is 2.48. The standard InChI is InChI=1S/C20H25NO2/c1-15(22)13-20(2,3)14-21-19(23)18-12-8-7-11-17(18)16-9-5-4-6-10-16/h4-12,15,22H,13-14H2,1-3H3,(H,21,23)/t15-/m0/s1. The molecule has 0 unspecified atom stereocenters. The first-order valence-corrected chi connectivity index (χ1v) is 8.00. The van der Waals surface area contributed by atoms with Crippen molar-refractivity contribution in [2.75, 3.05) is 6.54 Å². The third kappa shape index (κ3) is 4.93. The summed E-state index contributed by atoms with van der Waals surface area (Å²) in [5.74, 6) is -0.0804. The Bertz CT molecular complexity index is 648. The lowest BCUT2D eigenvalue weighted by atomic mass is 9.87. The first-order valence-electron chi connectivity index (χ1n) is 8.00. The molecule has 0 spiro atoms. The van der Waals surface area contributed by atoms with Crippen molar-refractivity contribution in [3.05, 3.63) is 60.2 Å². The van der Waals surface area contributed by atoms with Gasteiger partial charge in [0.05, 0.1) is 6.10 Å². The fourth-order valence-corrected chi connectivity index (χ4v) is 2.84. The highest BCUT2D eigenvalue weighted by atomic mass is 16.3. The molecule has 1 atom stereocenters. The molecule has 2 rings (SSSR count). The van der Waals surface area contributed by atoms with Crippen LogP contribution in [0.5, 0.6) is 0 Å². The highest BCUT2D eigenvalue weighted by Gasteiger charge is 2.22. The van der Waals surface area contributed by atoms with E-state index >= 15 is 0 Å². The average molecular weight is 311 g/mol. The van der Waals surface area contributed by atoms with Crippen LogP contribution in [0.15, 0.2) is 54.6 Å². The molecule has 0 aliphatic carbocycles. The summed E-state index contributed by atoms with van der Waals surface area (Å²) in [4.78, 5) is 12.6. The molecule has 3 heteroatoms. The van der Waals surface area contributed by atoms with Crippen LogP contribution in [0.1, 0.15) is 37.6 Å². The van der Waals surface area contributed by atoms with Gasteiger partial charge in [0, 0.05) is 12.1 Å². The van der Waals surface area contributed by atoms with Gasteiger partial charge in [-0.25, -0.2) is 0 Å². The van der Waals surface area contributed by atoms with E-state index in [0.29, 0.717) is 18.5 Å². The van der Waals surface area contributed by atoms with E-state index in [-0.39, 0.29) is 17.4 Å². The van der Waals surface area contributed by atoms with Crippen molar-refractivity contribution in [2.45, 2.75) is 33.3 Å². The van der Waals surface area contributed by atoms with Gasteiger partial charge in [0.25, 0.3) is 5.91 Å². The molecule has 0 aromatic heterocycles. The Morgan fingerprint density at radius 1 is 1.09 bits per heavy atom. The zero-order chi connectivity index (χ0) is 16.9. The lowest BCUT2D eigenvalue weighted by molar-refractivity contribution is 0.0902. The number of aliphatic hydroxyl groups is 1. The Kier molecular flexibility index (Phi) is 5.56. The predicted octanol–water partition coefficient (Wildman–Crippen LogP) is 3.88. The lowest BCUT2D eigenvalue weighted by Crippen LogP contribution is -2.35. The first-order chi connectivity index (χ1) is 10.9. The Labute approximate surface area is 138 Å². The fraction of sp³-hybridized carbons (Fsp3) is 0.350. The second-order valence-electron chi connectivity index (χ2n) is 6.81. The second kappa shape index (κ2) is 7.42. The summed E-state index contributed by atoms with van der Waals surface area (Å²) < 4.78 is 0. The fourth-order valence-electron chi connectivity index (χ4n) is 2.84. The van der Waals surface area contributed by atoms with E-state index in [2.05, 4.69) is 5.32 Å². The Morgan fingerprint density at radius 2 is 1.70 bits per heavy atom. The van der Waals surface area contributed by atoms with E-state index in [4.69, 9.17) is 0 Å². The molecule has 0 heterocycles. The summed E-state index contributed by atoms with van der Waals surface area (Å²) in [6, 6.07) is 17.5. The summed E-state index contributed by atoms with van der Waals surface area (Å²) in [6.45, 7) is 6.39. The second-order valence-corrected chi connectivity index (χ2v) is 6.81. The quantitative estimate of drug-likeness (QED) is 0.850. The zero-order valence-electron chi connectivity index (χ0n) is 14.0. The average Bonchev–Trinajstić information content (AvgIpc) is 2.52. The molecule has 3 nitrogen and oxygen atoms in total. The number of aliphatic hydroxyl groups excluding tert-OH is 1. The van der Waals surface area contributed by atoms with Gasteiger partial charge in [-0.15, -0.1) is 0 Å². The van der Waals surface area contributed by atoms with Crippen molar-refractivity contribution in [3.63, 3.8) is 0 Å². The molecule has 0 aliphatic heterocycles. The van der Waals surface area contributed by atoms with Crippen LogP contribution >= 0.6 is 0 Å². The summed E-state index contributed by atoms with van der Waals surface area (Å²) in [6.07, 6.45) is 0.270. The zero-order valence-corrected chi connectivity index (χ0v) is 14.0. The molecule has 0 bridgehead atoms. The largest absolute Gasteiger partial charge is 0.393 e. The van der Waals surface area contributed by atoms with Gasteiger partial charge in [-0.05, 0) is 36.0 Å². The van der Waals surface area contributed by atoms with Crippen LogP contribution in [0.3, 0.4) is 0 Å². The van der Waals surface area contributed by atoms with E-state index in [9.17, 15) is 9.90 Å². The van der Waals surface area contributed by atoms with E-state index in [0.717, 1.165) is 11.1 Å². The normalized spacial score (nSPS) is 12.7. The molecule has 2 N–H and O–H groups in total. The molecule has 0 saturated heterocycles. The number of benzene rings is 2. The van der Waals surface area contributed by atoms with Crippen LogP contribution in [0.2, 0.25) is 0 Å². The van der Waals surface area contributed by atoms with Gasteiger partial charge in [0.2, 0.25) is 0 Å². The molecule has 0 aliphatic rings. The number of nitrogens with one attached hydrogen (secondary N) is 1. The minimum Gasteiger partial charge on any atom is -0.393 e. The van der Waals surface area contributed by atoms with E-state index < -0.39 is 0 Å². The van der Waals surface area contributed by atoms with Gasteiger partial charge in [-0.2, -0.15) is 0 Å². The van der Waals surface area contributed by atoms with Crippen LogP contribution in [-0.4, -0.2) is 23.7 Å². The van der Waals surface area contributed by atoms with Gasteiger partial charge in [0.15, 0.2) is 0 Å². The van der Waals surface area contributed by atoms with Crippen molar-refractivity contribution < 1.29 is 9.90 Å². The van der Waals surface area contributed by atoms with Crippen molar-refractivity contribution >= 4 is 5.91 Å². The molecule has 122 valence electrons. The smallest absolute Gasteiger partial charge is 0.251 e. The maximum Gasteiger partial charge on any atom is 0.251 e. The molecular weight excluding hydrogens is 286 g/mol. The Hall–Kier alpha value is -2.13. The van der Waals surface area contributed by atoms with E-state index in [1.807, 2.05) is 68.4 Å². The minimum atomic E-state index is -0.376. The number of rotatable bonds is 6. The summed E-state index contributed by atoms with van der Waals surface area (Å²) in [7, 11) is 0. The minimum absolute atomic E-state index is 0.0804. The molecule has 23 heavy (non-hydrogen) atoms. The Balaban J connectivity index is 2.15. The van der Waals surface area contributed by atoms with Crippen LogP contribution in [0, 0.1) is 5.41 Å². The number of amides is 1. The van der Waals surface area contributed by atoms with Crippen LogP contribution < -0.4 is 5.32 Å². The van der Waals surface area contributed by atoms with Crippen LogP contribution in [0.25, 0.3) is 11.1 Å². The van der Waals surface area contributed by atoms with Gasteiger partial charge in [-0.3, -0.25) is 4.79 Å². The van der Waals surface area contributed by atoms with Crippen LogP contribution in [0.4, 0.5) is 0 Å². The molecule has 0 saturated carbocycles. The molecule has 2 aromatic carbocycles. The highest BCUT2D eigenvalue weighted by molar-refractivity contribution is 6.00. The third-order valence-corrected chi connectivity index (χ3v) is 3.83. The van der Waals surface area contributed by atoms with Crippen LogP contribution in [-0.2, 0) is 0 Å². The molecule has 0 fully saturated rings. The van der Waals surface area contributed by atoms with Crippen molar-refractivity contribution in [3.8, 4) is 11.1 Å². The monoisotopic (exact) mass is 311 g/mol. The number of hydrogen-bond donors (Lipinski definition) is 2. The number of carbonyl (C=O) groups is 1. The van der Waals surface area contributed by atoms with E-state index in [1.54, 1.807) is 6.92 Å². The maximum absolute atomic E-state index is 12.6. The molecule has 1 amide bonds. The molecule has 0 radical (unpaired) electrons. The molecule has 2 aromatic rings. The molecular formula is C20H25NO2. The highest BCUT2D eigenvalue weighted by Crippen LogP contribution is 2.24. The van der Waals surface area contributed by atoms with Gasteiger partial charge >= 0.3 is 0 Å². The first kappa shape index (κ1) is 17.2.